The van der Waals surface area contributed by atoms with Crippen LogP contribution in [-0.2, 0) is 4.79 Å². The molecular weight excluding hydrogens is 374 g/mol. The van der Waals surface area contributed by atoms with Crippen molar-refractivity contribution < 1.29 is 14.3 Å². The number of carbonyl (C=O) groups is 1. The fraction of sp³-hybridized carbons (Fsp3) is 0.269. The van der Waals surface area contributed by atoms with Crippen molar-refractivity contribution >= 4 is 27.8 Å². The Kier molecular flexibility index (Phi) is 3.58. The van der Waals surface area contributed by atoms with Crippen LogP contribution < -0.4 is 14.8 Å². The van der Waals surface area contributed by atoms with Gasteiger partial charge in [0.1, 0.15) is 0 Å². The maximum atomic E-state index is 13.4. The molecule has 4 heteroatoms. The van der Waals surface area contributed by atoms with Crippen LogP contribution in [0.2, 0.25) is 0 Å². The molecule has 0 saturated carbocycles. The van der Waals surface area contributed by atoms with Crippen LogP contribution in [-0.4, -0.2) is 12.6 Å². The molecule has 1 aliphatic carbocycles. The van der Waals surface area contributed by atoms with Crippen LogP contribution in [0.1, 0.15) is 43.9 Å². The van der Waals surface area contributed by atoms with Gasteiger partial charge in [0.2, 0.25) is 6.79 Å². The summed E-state index contributed by atoms with van der Waals surface area (Å²) in [6.07, 6.45) is 1.46. The van der Waals surface area contributed by atoms with E-state index in [1.165, 1.54) is 16.3 Å². The molecule has 1 atom stereocenters. The Hall–Kier alpha value is -3.27. The molecular formula is C26H23NO3. The van der Waals surface area contributed by atoms with E-state index in [0.29, 0.717) is 6.42 Å². The van der Waals surface area contributed by atoms with Gasteiger partial charge in [-0.1, -0.05) is 44.2 Å². The fourth-order valence-electron chi connectivity index (χ4n) is 5.09. The molecule has 150 valence electrons. The van der Waals surface area contributed by atoms with Crippen molar-refractivity contribution in [3.63, 3.8) is 0 Å². The largest absolute Gasteiger partial charge is 0.454 e. The minimum Gasteiger partial charge on any atom is -0.454 e. The summed E-state index contributed by atoms with van der Waals surface area (Å²) in [5.74, 6) is 1.73. The van der Waals surface area contributed by atoms with Gasteiger partial charge >= 0.3 is 0 Å². The van der Waals surface area contributed by atoms with E-state index in [1.54, 1.807) is 0 Å². The van der Waals surface area contributed by atoms with Crippen LogP contribution in [0.25, 0.3) is 16.3 Å². The summed E-state index contributed by atoms with van der Waals surface area (Å²) in [6.45, 7) is 4.62. The first kappa shape index (κ1) is 17.6. The number of fused-ring (bicyclic) bond motifs is 4. The molecule has 30 heavy (non-hydrogen) atoms. The Bertz CT molecular complexity index is 1250. The number of benzene rings is 3. The number of rotatable bonds is 1. The second-order valence-corrected chi connectivity index (χ2v) is 9.27. The number of ketones is 1. The monoisotopic (exact) mass is 397 g/mol. The first-order chi connectivity index (χ1) is 14.5. The lowest BCUT2D eigenvalue weighted by Gasteiger charge is -2.40. The molecule has 6 rings (SSSR count). The van der Waals surface area contributed by atoms with Crippen molar-refractivity contribution in [2.45, 2.75) is 32.7 Å². The van der Waals surface area contributed by atoms with E-state index < -0.39 is 0 Å². The Morgan fingerprint density at radius 1 is 0.933 bits per heavy atom. The standard InChI is InChI=1S/C26H23NO3/c1-26(2)12-19-18-9-15-5-3-4-6-16(15)10-20(18)27-25(24(19)21(28)13-26)17-7-8-22-23(11-17)30-14-29-22/h3-11,25,27H,12-14H2,1-2H3. The molecule has 0 saturated heterocycles. The van der Waals surface area contributed by atoms with Crippen molar-refractivity contribution in [2.24, 2.45) is 5.41 Å². The van der Waals surface area contributed by atoms with Crippen molar-refractivity contribution in [2.75, 3.05) is 12.1 Å². The van der Waals surface area contributed by atoms with E-state index in [4.69, 9.17) is 9.47 Å². The number of hydrogen-bond donors (Lipinski definition) is 1. The highest BCUT2D eigenvalue weighted by molar-refractivity contribution is 6.10. The van der Waals surface area contributed by atoms with Gasteiger partial charge in [-0.15, -0.1) is 0 Å². The third-order valence-electron chi connectivity index (χ3n) is 6.45. The normalized spacial score (nSPS) is 21.3. The second kappa shape index (κ2) is 6.11. The first-order valence-electron chi connectivity index (χ1n) is 10.4. The zero-order chi connectivity index (χ0) is 20.5. The van der Waals surface area contributed by atoms with Gasteiger partial charge in [-0.25, -0.2) is 0 Å². The minimum absolute atomic E-state index is 0.0460. The topological polar surface area (TPSA) is 47.6 Å². The van der Waals surface area contributed by atoms with Crippen LogP contribution in [0.5, 0.6) is 11.5 Å². The predicted octanol–water partition coefficient (Wildman–Crippen LogP) is 5.88. The van der Waals surface area contributed by atoms with Gasteiger partial charge in [0.05, 0.1) is 6.04 Å². The molecule has 0 fully saturated rings. The summed E-state index contributed by atoms with van der Waals surface area (Å²) in [5, 5.41) is 6.07. The number of nitrogens with one attached hydrogen (secondary N) is 1. The summed E-state index contributed by atoms with van der Waals surface area (Å²) in [6, 6.07) is 18.6. The molecule has 3 aromatic rings. The first-order valence-corrected chi connectivity index (χ1v) is 10.4. The Morgan fingerprint density at radius 2 is 1.70 bits per heavy atom. The fourth-order valence-corrected chi connectivity index (χ4v) is 5.09. The smallest absolute Gasteiger partial charge is 0.231 e. The summed E-state index contributed by atoms with van der Waals surface area (Å²) in [7, 11) is 0. The van der Waals surface area contributed by atoms with E-state index in [0.717, 1.165) is 40.3 Å². The second-order valence-electron chi connectivity index (χ2n) is 9.27. The molecule has 1 N–H and O–H groups in total. The molecule has 3 aliphatic rings. The van der Waals surface area contributed by atoms with Gasteiger partial charge in [0, 0.05) is 23.2 Å². The molecule has 0 radical (unpaired) electrons. The van der Waals surface area contributed by atoms with Gasteiger partial charge in [-0.05, 0) is 58.0 Å². The van der Waals surface area contributed by atoms with Crippen LogP contribution in [0, 0.1) is 5.41 Å². The van der Waals surface area contributed by atoms with Crippen molar-refractivity contribution in [1.29, 1.82) is 0 Å². The molecule has 0 spiro atoms. The van der Waals surface area contributed by atoms with Crippen molar-refractivity contribution in [3.05, 3.63) is 71.3 Å². The quantitative estimate of drug-likeness (QED) is 0.557. The Morgan fingerprint density at radius 3 is 2.53 bits per heavy atom. The lowest BCUT2D eigenvalue weighted by atomic mass is 9.68. The molecule has 0 aromatic heterocycles. The summed E-state index contributed by atoms with van der Waals surface area (Å²) >= 11 is 0. The van der Waals surface area contributed by atoms with E-state index >= 15 is 0 Å². The maximum absolute atomic E-state index is 13.4. The summed E-state index contributed by atoms with van der Waals surface area (Å²) < 4.78 is 11.1. The lowest BCUT2D eigenvalue weighted by molar-refractivity contribution is -0.118. The highest BCUT2D eigenvalue weighted by Crippen LogP contribution is 2.51. The number of Topliss-reactive ketones (excluding diaryl/α,β-unsaturated/α-hetero) is 1. The van der Waals surface area contributed by atoms with Gasteiger partial charge in [-0.3, -0.25) is 4.79 Å². The minimum atomic E-state index is -0.188. The molecule has 0 bridgehead atoms. The van der Waals surface area contributed by atoms with Crippen molar-refractivity contribution in [3.8, 4) is 11.5 Å². The van der Waals surface area contributed by atoms with Crippen molar-refractivity contribution in [1.82, 2.24) is 0 Å². The number of anilines is 1. The molecule has 2 heterocycles. The van der Waals surface area contributed by atoms with Gasteiger partial charge in [0.25, 0.3) is 0 Å². The van der Waals surface area contributed by atoms with E-state index in [-0.39, 0.29) is 24.0 Å². The van der Waals surface area contributed by atoms with E-state index in [9.17, 15) is 4.79 Å². The predicted molar refractivity (Wildman–Crippen MR) is 118 cm³/mol. The third-order valence-corrected chi connectivity index (χ3v) is 6.45. The van der Waals surface area contributed by atoms with Gasteiger partial charge in [-0.2, -0.15) is 0 Å². The Labute approximate surface area is 175 Å². The Balaban J connectivity index is 1.58. The average molecular weight is 397 g/mol. The van der Waals surface area contributed by atoms with Crippen LogP contribution in [0.3, 0.4) is 0 Å². The van der Waals surface area contributed by atoms with Crippen LogP contribution in [0.4, 0.5) is 5.69 Å². The lowest BCUT2D eigenvalue weighted by Crippen LogP contribution is -2.33. The third kappa shape index (κ3) is 2.63. The molecule has 4 nitrogen and oxygen atoms in total. The van der Waals surface area contributed by atoms with Gasteiger partial charge < -0.3 is 14.8 Å². The van der Waals surface area contributed by atoms with Gasteiger partial charge in [0.15, 0.2) is 17.3 Å². The summed E-state index contributed by atoms with van der Waals surface area (Å²) in [4.78, 5) is 13.4. The van der Waals surface area contributed by atoms with E-state index in [2.05, 4.69) is 55.6 Å². The summed E-state index contributed by atoms with van der Waals surface area (Å²) in [5.41, 5.74) is 5.30. The highest BCUT2D eigenvalue weighted by atomic mass is 16.7. The zero-order valence-electron chi connectivity index (χ0n) is 17.1. The molecule has 3 aromatic carbocycles. The maximum Gasteiger partial charge on any atom is 0.231 e. The number of hydrogen-bond acceptors (Lipinski definition) is 4. The van der Waals surface area contributed by atoms with E-state index in [1.807, 2.05) is 18.2 Å². The number of carbonyl (C=O) groups excluding carboxylic acids is 1. The number of allylic oxidation sites excluding steroid dienone is 1. The molecule has 2 aliphatic heterocycles. The van der Waals surface area contributed by atoms with Crippen LogP contribution in [0.15, 0.2) is 60.2 Å². The number of ether oxygens (including phenoxy) is 2. The zero-order valence-corrected chi connectivity index (χ0v) is 17.1. The highest BCUT2D eigenvalue weighted by Gasteiger charge is 2.40. The SMILES string of the molecule is CC1(C)CC(=O)C2=C(C1)c1cc3ccccc3cc1NC2c1ccc2c(c1)OCO2. The van der Waals surface area contributed by atoms with Crippen LogP contribution >= 0.6 is 0 Å². The molecule has 0 amide bonds. The molecule has 1 unspecified atom stereocenters. The average Bonchev–Trinajstić information content (AvgIpc) is 3.19.